The van der Waals surface area contributed by atoms with Gasteiger partial charge in [-0.2, -0.15) is 0 Å². The fourth-order valence-electron chi connectivity index (χ4n) is 3.25. The first-order valence-electron chi connectivity index (χ1n) is 9.66. The molecule has 9 heteroatoms. The summed E-state index contributed by atoms with van der Waals surface area (Å²) in [5.74, 6) is -1.40. The largest absolute Gasteiger partial charge is 0.487 e. The maximum atomic E-state index is 13.1. The van der Waals surface area contributed by atoms with Gasteiger partial charge in [-0.3, -0.25) is 14.9 Å². The molecule has 1 N–H and O–H groups in total. The smallest absolute Gasteiger partial charge is 0.335 e. The number of carbonyl (C=O) groups is 3. The summed E-state index contributed by atoms with van der Waals surface area (Å²) in [7, 11) is 0. The van der Waals surface area contributed by atoms with E-state index in [9.17, 15) is 14.4 Å². The average Bonchev–Trinajstić information content (AvgIpc) is 2.76. The average molecular weight is 502 g/mol. The second kappa shape index (κ2) is 9.67. The minimum atomic E-state index is -0.839. The summed E-state index contributed by atoms with van der Waals surface area (Å²) in [4.78, 5) is 38.9. The van der Waals surface area contributed by atoms with Crippen molar-refractivity contribution in [2.24, 2.45) is 0 Å². The molecule has 0 aliphatic carbocycles. The molecule has 3 aromatic carbocycles. The molecule has 0 aromatic heterocycles. The van der Waals surface area contributed by atoms with Crippen molar-refractivity contribution in [1.29, 1.82) is 0 Å². The Morgan fingerprint density at radius 2 is 1.64 bits per heavy atom. The third-order valence-electron chi connectivity index (χ3n) is 4.73. The zero-order valence-corrected chi connectivity index (χ0v) is 19.1. The number of hydrogen-bond donors (Lipinski definition) is 1. The third kappa shape index (κ3) is 5.03. The summed E-state index contributed by atoms with van der Waals surface area (Å²) in [6.45, 7) is 0.132. The SMILES string of the molecule is O=C1NC(=O)N(c2ccccc2)C(=O)/C1=C/c1cc(Cl)cc(Cl)c1OCc1cccc(Cl)c1. The number of urea groups is 1. The van der Waals surface area contributed by atoms with Gasteiger partial charge in [0.2, 0.25) is 0 Å². The number of benzene rings is 3. The van der Waals surface area contributed by atoms with Crippen molar-refractivity contribution in [3.8, 4) is 5.75 Å². The van der Waals surface area contributed by atoms with E-state index in [1.54, 1.807) is 48.5 Å². The third-order valence-corrected chi connectivity index (χ3v) is 5.46. The first-order valence-corrected chi connectivity index (χ1v) is 10.8. The first-order chi connectivity index (χ1) is 15.8. The lowest BCUT2D eigenvalue weighted by Gasteiger charge is -2.26. The van der Waals surface area contributed by atoms with E-state index < -0.39 is 17.8 Å². The van der Waals surface area contributed by atoms with E-state index in [0.717, 1.165) is 10.5 Å². The normalized spacial score (nSPS) is 15.1. The predicted octanol–water partition coefficient (Wildman–Crippen LogP) is 5.89. The van der Waals surface area contributed by atoms with Crippen LogP contribution in [0.25, 0.3) is 6.08 Å². The minimum absolute atomic E-state index is 0.132. The van der Waals surface area contributed by atoms with E-state index in [1.165, 1.54) is 18.2 Å². The standard InChI is InChI=1S/C24H15Cl3N2O4/c25-16-6-4-5-14(9-16)13-33-21-15(10-17(26)12-20(21)27)11-19-22(30)28-24(32)29(23(19)31)18-7-2-1-3-8-18/h1-12H,13H2,(H,28,30,32)/b19-11+. The number of hydrogen-bond acceptors (Lipinski definition) is 4. The highest BCUT2D eigenvalue weighted by Gasteiger charge is 2.37. The molecule has 0 spiro atoms. The van der Waals surface area contributed by atoms with E-state index in [2.05, 4.69) is 5.32 Å². The van der Waals surface area contributed by atoms with Gasteiger partial charge in [0.05, 0.1) is 10.7 Å². The summed E-state index contributed by atoms with van der Waals surface area (Å²) in [6, 6.07) is 17.5. The number of imide groups is 2. The second-order valence-electron chi connectivity index (χ2n) is 7.02. The van der Waals surface area contributed by atoms with E-state index in [1.807, 2.05) is 6.07 Å². The highest BCUT2D eigenvalue weighted by molar-refractivity contribution is 6.40. The Kier molecular flexibility index (Phi) is 6.70. The van der Waals surface area contributed by atoms with Crippen molar-refractivity contribution >= 4 is 64.4 Å². The van der Waals surface area contributed by atoms with Crippen LogP contribution in [0, 0.1) is 0 Å². The monoisotopic (exact) mass is 500 g/mol. The van der Waals surface area contributed by atoms with Gasteiger partial charge in [0.25, 0.3) is 11.8 Å². The van der Waals surface area contributed by atoms with E-state index >= 15 is 0 Å². The van der Waals surface area contributed by atoms with Crippen LogP contribution in [-0.2, 0) is 16.2 Å². The zero-order valence-electron chi connectivity index (χ0n) is 16.8. The molecular weight excluding hydrogens is 487 g/mol. The Balaban J connectivity index is 1.71. The van der Waals surface area contributed by atoms with E-state index in [-0.39, 0.29) is 28.0 Å². The van der Waals surface area contributed by atoms with Crippen molar-refractivity contribution in [2.45, 2.75) is 6.61 Å². The van der Waals surface area contributed by atoms with Gasteiger partial charge in [0, 0.05) is 15.6 Å². The lowest BCUT2D eigenvalue weighted by atomic mass is 10.1. The van der Waals surface area contributed by atoms with Crippen LogP contribution in [0.4, 0.5) is 10.5 Å². The molecular formula is C24H15Cl3N2O4. The number of nitrogens with one attached hydrogen (secondary N) is 1. The molecule has 6 nitrogen and oxygen atoms in total. The van der Waals surface area contributed by atoms with Crippen LogP contribution in [0.5, 0.6) is 5.75 Å². The number of carbonyl (C=O) groups excluding carboxylic acids is 3. The van der Waals surface area contributed by atoms with Crippen LogP contribution in [0.1, 0.15) is 11.1 Å². The molecule has 0 bridgehead atoms. The number of rotatable bonds is 5. The summed E-state index contributed by atoms with van der Waals surface area (Å²) in [6.07, 6.45) is 1.30. The van der Waals surface area contributed by atoms with Gasteiger partial charge < -0.3 is 4.74 Å². The van der Waals surface area contributed by atoms with Gasteiger partial charge in [-0.1, -0.05) is 65.1 Å². The fourth-order valence-corrected chi connectivity index (χ4v) is 4.02. The number of amides is 4. The molecule has 1 aliphatic rings. The second-order valence-corrected chi connectivity index (χ2v) is 8.30. The van der Waals surface area contributed by atoms with E-state index in [4.69, 9.17) is 39.5 Å². The van der Waals surface area contributed by atoms with Gasteiger partial charge in [-0.25, -0.2) is 9.69 Å². The van der Waals surface area contributed by atoms with Crippen molar-refractivity contribution in [1.82, 2.24) is 5.32 Å². The number of ether oxygens (including phenoxy) is 1. The Labute approximate surface area is 204 Å². The molecule has 1 aliphatic heterocycles. The van der Waals surface area contributed by atoms with Gasteiger partial charge in [0.1, 0.15) is 17.9 Å². The van der Waals surface area contributed by atoms with Crippen LogP contribution >= 0.6 is 34.8 Å². The van der Waals surface area contributed by atoms with Crippen LogP contribution in [0.15, 0.2) is 72.3 Å². The van der Waals surface area contributed by atoms with Gasteiger partial charge in [0.15, 0.2) is 0 Å². The summed E-state index contributed by atoms with van der Waals surface area (Å²) < 4.78 is 5.89. The van der Waals surface area contributed by atoms with Crippen molar-refractivity contribution < 1.29 is 19.1 Å². The molecule has 0 atom stereocenters. The Bertz CT molecular complexity index is 1290. The van der Waals surface area contributed by atoms with Crippen LogP contribution in [-0.4, -0.2) is 17.8 Å². The Morgan fingerprint density at radius 3 is 2.36 bits per heavy atom. The molecule has 3 aromatic rings. The molecule has 0 saturated carbocycles. The number of halogens is 3. The number of para-hydroxylation sites is 1. The molecule has 4 rings (SSSR count). The summed E-state index contributed by atoms with van der Waals surface area (Å²) in [5.41, 5.74) is 1.14. The van der Waals surface area contributed by atoms with Crippen LogP contribution in [0.2, 0.25) is 15.1 Å². The van der Waals surface area contributed by atoms with Gasteiger partial charge in [-0.05, 0) is 48.0 Å². The molecule has 166 valence electrons. The lowest BCUT2D eigenvalue weighted by molar-refractivity contribution is -0.122. The number of nitrogens with zero attached hydrogens (tertiary/aromatic N) is 1. The molecule has 1 saturated heterocycles. The fraction of sp³-hybridized carbons (Fsp3) is 0.0417. The van der Waals surface area contributed by atoms with Gasteiger partial charge >= 0.3 is 6.03 Å². The molecule has 1 heterocycles. The topological polar surface area (TPSA) is 75.7 Å². The molecule has 0 radical (unpaired) electrons. The lowest BCUT2D eigenvalue weighted by Crippen LogP contribution is -2.54. The number of barbiturate groups is 1. The summed E-state index contributed by atoms with van der Waals surface area (Å²) >= 11 is 18.5. The van der Waals surface area contributed by atoms with Crippen molar-refractivity contribution in [3.05, 3.63) is 98.5 Å². The highest BCUT2D eigenvalue weighted by Crippen LogP contribution is 2.35. The first kappa shape index (κ1) is 22.9. The summed E-state index contributed by atoms with van der Waals surface area (Å²) in [5, 5.41) is 3.20. The molecule has 0 unspecified atom stereocenters. The van der Waals surface area contributed by atoms with Crippen molar-refractivity contribution in [2.75, 3.05) is 4.90 Å². The van der Waals surface area contributed by atoms with Crippen LogP contribution < -0.4 is 15.0 Å². The quantitative estimate of drug-likeness (QED) is 0.349. The zero-order chi connectivity index (χ0) is 23.5. The van der Waals surface area contributed by atoms with Crippen molar-refractivity contribution in [3.63, 3.8) is 0 Å². The minimum Gasteiger partial charge on any atom is -0.487 e. The Morgan fingerprint density at radius 1 is 0.879 bits per heavy atom. The number of anilines is 1. The molecule has 1 fully saturated rings. The maximum absolute atomic E-state index is 13.1. The predicted molar refractivity (Wildman–Crippen MR) is 128 cm³/mol. The maximum Gasteiger partial charge on any atom is 0.335 e. The van der Waals surface area contributed by atoms with Crippen LogP contribution in [0.3, 0.4) is 0 Å². The molecule has 33 heavy (non-hydrogen) atoms. The Hall–Kier alpha value is -3.32. The van der Waals surface area contributed by atoms with Gasteiger partial charge in [-0.15, -0.1) is 0 Å². The van der Waals surface area contributed by atoms with E-state index in [0.29, 0.717) is 16.3 Å². The highest BCUT2D eigenvalue weighted by atomic mass is 35.5. The molecule has 4 amide bonds.